The number of rotatable bonds is 4. The SMILES string of the molecule is CC1Oc2ccc(NC(=O)Cn3cnc4scc(-c5ccc(F)cc5)c4c3=O)cc2NC1=O. The van der Waals surface area contributed by atoms with Crippen molar-refractivity contribution >= 4 is 44.7 Å². The molecule has 2 N–H and O–H groups in total. The van der Waals surface area contributed by atoms with Gasteiger partial charge >= 0.3 is 0 Å². The molecule has 3 heterocycles. The zero-order valence-corrected chi connectivity index (χ0v) is 18.1. The van der Waals surface area contributed by atoms with E-state index >= 15 is 0 Å². The molecule has 0 radical (unpaired) electrons. The zero-order valence-electron chi connectivity index (χ0n) is 17.3. The number of hydrogen-bond acceptors (Lipinski definition) is 6. The number of carbonyl (C=O) groups excluding carboxylic acids is 2. The molecule has 0 saturated carbocycles. The van der Waals surface area contributed by atoms with Gasteiger partial charge in [-0.25, -0.2) is 9.37 Å². The number of hydrogen-bond donors (Lipinski definition) is 2. The Morgan fingerprint density at radius 2 is 2.03 bits per heavy atom. The van der Waals surface area contributed by atoms with Crippen LogP contribution in [0.25, 0.3) is 21.3 Å². The van der Waals surface area contributed by atoms with Crippen molar-refractivity contribution in [3.05, 3.63) is 70.3 Å². The molecule has 0 bridgehead atoms. The second-order valence-electron chi connectivity index (χ2n) is 7.52. The predicted octanol–water partition coefficient (Wildman–Crippen LogP) is 3.62. The Labute approximate surface area is 190 Å². The van der Waals surface area contributed by atoms with Gasteiger partial charge in [0.15, 0.2) is 6.10 Å². The minimum Gasteiger partial charge on any atom is -0.479 e. The van der Waals surface area contributed by atoms with Crippen molar-refractivity contribution in [2.24, 2.45) is 0 Å². The van der Waals surface area contributed by atoms with Gasteiger partial charge in [0, 0.05) is 16.6 Å². The van der Waals surface area contributed by atoms with Gasteiger partial charge in [0.05, 0.1) is 17.4 Å². The van der Waals surface area contributed by atoms with Gasteiger partial charge in [-0.15, -0.1) is 11.3 Å². The summed E-state index contributed by atoms with van der Waals surface area (Å²) in [5.74, 6) is -0.567. The maximum absolute atomic E-state index is 13.3. The quantitative estimate of drug-likeness (QED) is 0.480. The predicted molar refractivity (Wildman–Crippen MR) is 123 cm³/mol. The number of fused-ring (bicyclic) bond motifs is 2. The van der Waals surface area contributed by atoms with Crippen molar-refractivity contribution in [1.82, 2.24) is 9.55 Å². The van der Waals surface area contributed by atoms with E-state index in [2.05, 4.69) is 15.6 Å². The third kappa shape index (κ3) is 3.96. The number of nitrogens with zero attached hydrogens (tertiary/aromatic N) is 2. The number of anilines is 2. The summed E-state index contributed by atoms with van der Waals surface area (Å²) in [4.78, 5) is 42.4. The van der Waals surface area contributed by atoms with Crippen LogP contribution in [0.15, 0.2) is 59.0 Å². The van der Waals surface area contributed by atoms with Crippen LogP contribution in [-0.2, 0) is 16.1 Å². The highest BCUT2D eigenvalue weighted by Gasteiger charge is 2.23. The van der Waals surface area contributed by atoms with Crippen LogP contribution in [0.2, 0.25) is 0 Å². The first-order valence-electron chi connectivity index (χ1n) is 10.0. The number of amides is 2. The lowest BCUT2D eigenvalue weighted by atomic mass is 10.1. The fraction of sp³-hybridized carbons (Fsp3) is 0.130. The van der Waals surface area contributed by atoms with Gasteiger partial charge in [0.25, 0.3) is 11.5 Å². The molecule has 2 amide bonds. The number of halogens is 1. The molecule has 0 aliphatic carbocycles. The van der Waals surface area contributed by atoms with Crippen LogP contribution in [-0.4, -0.2) is 27.5 Å². The number of ether oxygens (including phenoxy) is 1. The summed E-state index contributed by atoms with van der Waals surface area (Å²) in [6, 6.07) is 10.7. The van der Waals surface area contributed by atoms with Crippen LogP contribution in [0.5, 0.6) is 5.75 Å². The molecule has 1 atom stereocenters. The zero-order chi connectivity index (χ0) is 23.1. The van der Waals surface area contributed by atoms with E-state index in [1.807, 2.05) is 0 Å². The molecule has 4 aromatic rings. The molecule has 166 valence electrons. The third-order valence-electron chi connectivity index (χ3n) is 5.22. The standard InChI is InChI=1S/C23H17FN4O4S/c1-12-21(30)27-17-8-15(6-7-18(17)32-12)26-19(29)9-28-11-25-22-20(23(28)31)16(10-33-22)13-2-4-14(24)5-3-13/h2-8,10-12H,9H2,1H3,(H,26,29)(H,27,30). The maximum Gasteiger partial charge on any atom is 0.265 e. The van der Waals surface area contributed by atoms with E-state index in [1.54, 1.807) is 42.6 Å². The van der Waals surface area contributed by atoms with Crippen molar-refractivity contribution in [3.8, 4) is 16.9 Å². The lowest BCUT2D eigenvalue weighted by molar-refractivity contribution is -0.122. The molecule has 2 aromatic heterocycles. The molecule has 1 aliphatic rings. The summed E-state index contributed by atoms with van der Waals surface area (Å²) in [7, 11) is 0. The van der Waals surface area contributed by atoms with Gasteiger partial charge in [0.2, 0.25) is 5.91 Å². The summed E-state index contributed by atoms with van der Waals surface area (Å²) in [5, 5.41) is 7.61. The van der Waals surface area contributed by atoms with E-state index < -0.39 is 12.0 Å². The minimum absolute atomic E-state index is 0.253. The second-order valence-corrected chi connectivity index (χ2v) is 8.38. The Bertz CT molecular complexity index is 1460. The smallest absolute Gasteiger partial charge is 0.265 e. The highest BCUT2D eigenvalue weighted by Crippen LogP contribution is 2.32. The molecule has 2 aromatic carbocycles. The molecule has 1 unspecified atom stereocenters. The van der Waals surface area contributed by atoms with Crippen molar-refractivity contribution in [2.45, 2.75) is 19.6 Å². The third-order valence-corrected chi connectivity index (χ3v) is 6.11. The summed E-state index contributed by atoms with van der Waals surface area (Å²) >= 11 is 1.31. The summed E-state index contributed by atoms with van der Waals surface area (Å²) in [6.07, 6.45) is 0.737. The van der Waals surface area contributed by atoms with Crippen LogP contribution in [0.4, 0.5) is 15.8 Å². The molecule has 0 spiro atoms. The molecule has 5 rings (SSSR count). The number of thiophene rings is 1. The molecule has 8 nitrogen and oxygen atoms in total. The molecule has 33 heavy (non-hydrogen) atoms. The Kier molecular flexibility index (Phi) is 5.14. The average molecular weight is 464 g/mol. The summed E-state index contributed by atoms with van der Waals surface area (Å²) in [6.45, 7) is 1.39. The van der Waals surface area contributed by atoms with Gasteiger partial charge in [-0.3, -0.25) is 19.0 Å². The molecular formula is C23H17FN4O4S. The Morgan fingerprint density at radius 3 is 2.82 bits per heavy atom. The maximum atomic E-state index is 13.3. The fourth-order valence-corrected chi connectivity index (χ4v) is 4.47. The molecule has 0 fully saturated rings. The van der Waals surface area contributed by atoms with Gasteiger partial charge in [-0.1, -0.05) is 12.1 Å². The Balaban J connectivity index is 1.39. The molecule has 1 aliphatic heterocycles. The summed E-state index contributed by atoms with van der Waals surface area (Å²) in [5.41, 5.74) is 1.87. The largest absolute Gasteiger partial charge is 0.479 e. The highest BCUT2D eigenvalue weighted by atomic mass is 32.1. The number of nitrogens with one attached hydrogen (secondary N) is 2. The number of benzene rings is 2. The summed E-state index contributed by atoms with van der Waals surface area (Å²) < 4.78 is 20.0. The van der Waals surface area contributed by atoms with E-state index in [0.717, 1.165) is 0 Å². The number of carbonyl (C=O) groups is 2. The lowest BCUT2D eigenvalue weighted by Crippen LogP contribution is -2.34. The van der Waals surface area contributed by atoms with E-state index in [-0.39, 0.29) is 23.8 Å². The van der Waals surface area contributed by atoms with Gasteiger partial charge in [0.1, 0.15) is 22.9 Å². The van der Waals surface area contributed by atoms with Crippen molar-refractivity contribution in [2.75, 3.05) is 10.6 Å². The van der Waals surface area contributed by atoms with Crippen molar-refractivity contribution < 1.29 is 18.7 Å². The van der Waals surface area contributed by atoms with Crippen LogP contribution in [0.1, 0.15) is 6.92 Å². The first kappa shape index (κ1) is 20.8. The topological polar surface area (TPSA) is 102 Å². The first-order chi connectivity index (χ1) is 15.9. The molecular weight excluding hydrogens is 447 g/mol. The van der Waals surface area contributed by atoms with Crippen LogP contribution < -0.4 is 20.9 Å². The fourth-order valence-electron chi connectivity index (χ4n) is 3.56. The van der Waals surface area contributed by atoms with Gasteiger partial charge in [-0.2, -0.15) is 0 Å². The Hall–Kier alpha value is -4.05. The Morgan fingerprint density at radius 1 is 1.24 bits per heavy atom. The van der Waals surface area contributed by atoms with E-state index in [9.17, 15) is 18.8 Å². The van der Waals surface area contributed by atoms with Crippen LogP contribution >= 0.6 is 11.3 Å². The monoisotopic (exact) mass is 464 g/mol. The van der Waals surface area contributed by atoms with Crippen LogP contribution in [0.3, 0.4) is 0 Å². The normalized spacial score (nSPS) is 15.0. The second kappa shape index (κ2) is 8.14. The molecule has 10 heteroatoms. The minimum atomic E-state index is -0.593. The van der Waals surface area contributed by atoms with E-state index in [0.29, 0.717) is 38.5 Å². The average Bonchev–Trinajstić information content (AvgIpc) is 3.22. The van der Waals surface area contributed by atoms with Crippen LogP contribution in [0, 0.1) is 5.82 Å². The molecule has 0 saturated heterocycles. The van der Waals surface area contributed by atoms with Gasteiger partial charge in [-0.05, 0) is 42.8 Å². The highest BCUT2D eigenvalue weighted by molar-refractivity contribution is 7.17. The van der Waals surface area contributed by atoms with E-state index in [1.165, 1.54) is 34.4 Å². The van der Waals surface area contributed by atoms with Crippen molar-refractivity contribution in [1.29, 1.82) is 0 Å². The first-order valence-corrected chi connectivity index (χ1v) is 10.9. The van der Waals surface area contributed by atoms with E-state index in [4.69, 9.17) is 4.74 Å². The number of aromatic nitrogens is 2. The van der Waals surface area contributed by atoms with Gasteiger partial charge < -0.3 is 15.4 Å². The van der Waals surface area contributed by atoms with Crippen molar-refractivity contribution in [3.63, 3.8) is 0 Å². The lowest BCUT2D eigenvalue weighted by Gasteiger charge is -2.23.